The van der Waals surface area contributed by atoms with Crippen LogP contribution in [0.2, 0.25) is 0 Å². The van der Waals surface area contributed by atoms with Crippen molar-refractivity contribution in [3.8, 4) is 11.3 Å². The zero-order valence-electron chi connectivity index (χ0n) is 24.0. The fraction of sp³-hybridized carbons (Fsp3) is 0.294. The summed E-state index contributed by atoms with van der Waals surface area (Å²) in [6, 6.07) is 13.4. The molecule has 7 nitrogen and oxygen atoms in total. The first kappa shape index (κ1) is 29.9. The Kier molecular flexibility index (Phi) is 8.97. The van der Waals surface area contributed by atoms with Gasteiger partial charge in [-0.2, -0.15) is 10.2 Å². The monoisotopic (exact) mass is 660 g/mol. The molecule has 0 fully saturated rings. The van der Waals surface area contributed by atoms with Gasteiger partial charge < -0.3 is 4.42 Å². The Morgan fingerprint density at radius 2 is 1.23 bits per heavy atom. The third-order valence-corrected chi connectivity index (χ3v) is 8.92. The van der Waals surface area contributed by atoms with E-state index in [1.807, 2.05) is 0 Å². The van der Waals surface area contributed by atoms with Gasteiger partial charge in [0.05, 0.1) is 27.7 Å². The number of benzene rings is 2. The molecule has 7 rings (SSSR count). The number of furan rings is 1. The van der Waals surface area contributed by atoms with Crippen LogP contribution in [-0.2, 0) is 38.5 Å². The van der Waals surface area contributed by atoms with E-state index in [0.717, 1.165) is 96.1 Å². The average molecular weight is 662 g/mol. The van der Waals surface area contributed by atoms with Gasteiger partial charge in [-0.15, -0.1) is 0 Å². The van der Waals surface area contributed by atoms with Crippen molar-refractivity contribution < 1.29 is 13.2 Å². The van der Waals surface area contributed by atoms with Crippen molar-refractivity contribution in [1.82, 2.24) is 20.4 Å². The van der Waals surface area contributed by atoms with E-state index in [1.165, 1.54) is 18.4 Å². The zero-order valence-corrected chi connectivity index (χ0v) is 25.6. The van der Waals surface area contributed by atoms with Crippen LogP contribution in [0.4, 0.5) is 8.78 Å². The first-order valence-corrected chi connectivity index (χ1v) is 15.6. The van der Waals surface area contributed by atoms with Crippen LogP contribution in [0.25, 0.3) is 11.3 Å². The van der Waals surface area contributed by atoms with Gasteiger partial charge in [-0.05, 0) is 126 Å². The highest BCUT2D eigenvalue weighted by atomic mass is 79.9. The van der Waals surface area contributed by atoms with Crippen molar-refractivity contribution in [2.75, 3.05) is 0 Å². The summed E-state index contributed by atoms with van der Waals surface area (Å²) in [4.78, 5) is 23.7. The van der Waals surface area contributed by atoms with E-state index in [0.29, 0.717) is 28.6 Å². The number of H-pyrrole nitrogens is 2. The number of hydrogen-bond donors (Lipinski definition) is 2. The molecular formula is C34H31BrF2N4O3. The third kappa shape index (κ3) is 6.50. The molecule has 5 aromatic rings. The summed E-state index contributed by atoms with van der Waals surface area (Å²) in [6.45, 7) is 0. The highest BCUT2D eigenvalue weighted by Crippen LogP contribution is 2.27. The molecule has 0 bridgehead atoms. The van der Waals surface area contributed by atoms with E-state index in [4.69, 9.17) is 4.42 Å². The quantitative estimate of drug-likeness (QED) is 0.216. The predicted octanol–water partition coefficient (Wildman–Crippen LogP) is 6.78. The number of nitrogens with zero attached hydrogens (tertiary/aromatic N) is 2. The third-order valence-electron chi connectivity index (χ3n) is 8.31. The van der Waals surface area contributed by atoms with Gasteiger partial charge in [0.25, 0.3) is 11.1 Å². The standard InChI is InChI=1S/C19H17FN2O2.C15H14BrFN2O/c20-16-8-7-12(10-15(16)18-6-3-9-24-18)11-17-13-4-1-2-5-14(13)19(23)22-21-17;16-12-7-9(5-6-13(12)17)8-14-10-3-1-2-4-11(10)15(20)19-18-14/h3,6-10H,1-2,4-5,11H2,(H,22,23);5-7H,1-4,8H2,(H,19,20). The first-order chi connectivity index (χ1) is 21.4. The van der Waals surface area contributed by atoms with Gasteiger partial charge >= 0.3 is 0 Å². The second-order valence-corrected chi connectivity index (χ2v) is 12.1. The topological polar surface area (TPSA) is 105 Å². The second-order valence-electron chi connectivity index (χ2n) is 11.2. The minimum Gasteiger partial charge on any atom is -0.464 e. The maximum Gasteiger partial charge on any atom is 0.267 e. The summed E-state index contributed by atoms with van der Waals surface area (Å²) in [5.41, 5.74) is 7.87. The van der Waals surface area contributed by atoms with Crippen LogP contribution in [0.1, 0.15) is 70.5 Å². The van der Waals surface area contributed by atoms with Gasteiger partial charge in [-0.1, -0.05) is 12.1 Å². The van der Waals surface area contributed by atoms with Crippen LogP contribution in [0.3, 0.4) is 0 Å². The lowest BCUT2D eigenvalue weighted by Gasteiger charge is -2.17. The van der Waals surface area contributed by atoms with Gasteiger partial charge in [0, 0.05) is 24.0 Å². The largest absolute Gasteiger partial charge is 0.464 e. The van der Waals surface area contributed by atoms with E-state index >= 15 is 0 Å². The maximum atomic E-state index is 14.1. The van der Waals surface area contributed by atoms with E-state index < -0.39 is 0 Å². The summed E-state index contributed by atoms with van der Waals surface area (Å²) in [7, 11) is 0. The van der Waals surface area contributed by atoms with Crippen molar-refractivity contribution in [1.29, 1.82) is 0 Å². The summed E-state index contributed by atoms with van der Waals surface area (Å²) in [5.74, 6) is -0.0822. The van der Waals surface area contributed by atoms with Crippen molar-refractivity contribution in [2.45, 2.75) is 64.2 Å². The van der Waals surface area contributed by atoms with Gasteiger partial charge in [0.2, 0.25) is 0 Å². The Morgan fingerprint density at radius 1 is 0.705 bits per heavy atom. The van der Waals surface area contributed by atoms with Gasteiger partial charge in [-0.25, -0.2) is 19.0 Å². The molecule has 0 atom stereocenters. The average Bonchev–Trinajstić information content (AvgIpc) is 3.58. The molecule has 3 heterocycles. The van der Waals surface area contributed by atoms with Crippen LogP contribution < -0.4 is 11.1 Å². The second kappa shape index (κ2) is 13.2. The fourth-order valence-electron chi connectivity index (χ4n) is 6.09. The molecule has 0 aliphatic heterocycles. The van der Waals surface area contributed by atoms with Crippen LogP contribution >= 0.6 is 15.9 Å². The number of halogens is 3. The SMILES string of the molecule is O=c1[nH]nc(Cc2ccc(F)c(-c3ccco3)c2)c2c1CCCC2.O=c1[nH]nc(Cc2ccc(F)c(Br)c2)c2c1CCCC2. The molecule has 0 saturated heterocycles. The summed E-state index contributed by atoms with van der Waals surface area (Å²) < 4.78 is 33.1. The van der Waals surface area contributed by atoms with Crippen molar-refractivity contribution in [2.24, 2.45) is 0 Å². The van der Waals surface area contributed by atoms with E-state index in [2.05, 4.69) is 36.3 Å². The molecule has 0 amide bonds. The number of aromatic nitrogens is 4. The Labute approximate surface area is 260 Å². The molecule has 2 N–H and O–H groups in total. The first-order valence-electron chi connectivity index (χ1n) is 14.8. The number of hydrogen-bond acceptors (Lipinski definition) is 5. The van der Waals surface area contributed by atoms with E-state index in [-0.39, 0.29) is 22.8 Å². The maximum absolute atomic E-state index is 14.1. The number of aromatic amines is 2. The Balaban J connectivity index is 0.000000159. The number of fused-ring (bicyclic) bond motifs is 2. The van der Waals surface area contributed by atoms with Crippen LogP contribution in [0, 0.1) is 11.6 Å². The van der Waals surface area contributed by atoms with Crippen molar-refractivity contribution in [3.63, 3.8) is 0 Å². The molecular weight excluding hydrogens is 630 g/mol. The van der Waals surface area contributed by atoms with Crippen LogP contribution in [-0.4, -0.2) is 20.4 Å². The minimum absolute atomic E-state index is 0.0660. The van der Waals surface area contributed by atoms with Gasteiger partial charge in [0.15, 0.2) is 0 Å². The molecule has 0 unspecified atom stereocenters. The molecule has 226 valence electrons. The molecule has 0 spiro atoms. The molecule has 0 radical (unpaired) electrons. The molecule has 2 aromatic carbocycles. The van der Waals surface area contributed by atoms with E-state index in [9.17, 15) is 18.4 Å². The molecule has 2 aliphatic rings. The lowest BCUT2D eigenvalue weighted by atomic mass is 9.90. The van der Waals surface area contributed by atoms with Crippen LogP contribution in [0.5, 0.6) is 0 Å². The number of nitrogens with one attached hydrogen (secondary N) is 2. The van der Waals surface area contributed by atoms with Crippen molar-refractivity contribution in [3.05, 3.63) is 136 Å². The Bertz CT molecular complexity index is 1920. The van der Waals surface area contributed by atoms with Gasteiger partial charge in [0.1, 0.15) is 17.4 Å². The van der Waals surface area contributed by atoms with Gasteiger partial charge in [-0.3, -0.25) is 9.59 Å². The highest BCUT2D eigenvalue weighted by molar-refractivity contribution is 9.10. The molecule has 3 aromatic heterocycles. The smallest absolute Gasteiger partial charge is 0.267 e. The summed E-state index contributed by atoms with van der Waals surface area (Å²) in [6.07, 6.45) is 10.4. The molecule has 44 heavy (non-hydrogen) atoms. The van der Waals surface area contributed by atoms with Crippen molar-refractivity contribution >= 4 is 15.9 Å². The highest BCUT2D eigenvalue weighted by Gasteiger charge is 2.20. The van der Waals surface area contributed by atoms with Crippen LogP contribution in [0.15, 0.2) is 73.3 Å². The summed E-state index contributed by atoms with van der Waals surface area (Å²) >= 11 is 3.19. The zero-order chi connectivity index (χ0) is 30.6. The molecule has 10 heteroatoms. The lowest BCUT2D eigenvalue weighted by Crippen LogP contribution is -2.23. The Hall–Kier alpha value is -4.18. The normalized spacial score (nSPS) is 13.9. The fourth-order valence-corrected chi connectivity index (χ4v) is 6.51. The summed E-state index contributed by atoms with van der Waals surface area (Å²) in [5, 5.41) is 13.6. The lowest BCUT2D eigenvalue weighted by molar-refractivity contribution is 0.569. The molecule has 0 saturated carbocycles. The molecule has 2 aliphatic carbocycles. The van der Waals surface area contributed by atoms with E-state index in [1.54, 1.807) is 36.4 Å². The Morgan fingerprint density at radius 3 is 1.75 bits per heavy atom. The number of rotatable bonds is 5. The minimum atomic E-state index is -0.315. The predicted molar refractivity (Wildman–Crippen MR) is 167 cm³/mol.